The SMILES string of the molecule is CCOc1ccc(CC(=O)N2CCCC(c3ncncc3-c3cc(C)no3)C2)cc1. The molecule has 1 unspecified atom stereocenters. The quantitative estimate of drug-likeness (QED) is 0.620. The Hall–Kier alpha value is -3.22. The lowest BCUT2D eigenvalue weighted by Gasteiger charge is -2.33. The molecule has 0 spiro atoms. The molecule has 0 radical (unpaired) electrons. The zero-order valence-electron chi connectivity index (χ0n) is 17.4. The maximum Gasteiger partial charge on any atom is 0.227 e. The molecule has 1 aromatic carbocycles. The van der Waals surface area contributed by atoms with E-state index in [0.717, 1.165) is 47.7 Å². The second kappa shape index (κ2) is 9.07. The molecule has 0 bridgehead atoms. The maximum atomic E-state index is 12.9. The summed E-state index contributed by atoms with van der Waals surface area (Å²) in [6.45, 7) is 5.89. The number of carbonyl (C=O) groups is 1. The smallest absolute Gasteiger partial charge is 0.227 e. The van der Waals surface area contributed by atoms with E-state index in [1.54, 1.807) is 12.5 Å². The molecule has 30 heavy (non-hydrogen) atoms. The molecular weight excluding hydrogens is 380 g/mol. The fraction of sp³-hybridized carbons (Fsp3) is 0.391. The highest BCUT2D eigenvalue weighted by Gasteiger charge is 2.28. The van der Waals surface area contributed by atoms with Gasteiger partial charge in [0.25, 0.3) is 0 Å². The molecule has 7 heteroatoms. The Labute approximate surface area is 176 Å². The minimum absolute atomic E-state index is 0.134. The van der Waals surface area contributed by atoms with Crippen molar-refractivity contribution in [3.63, 3.8) is 0 Å². The monoisotopic (exact) mass is 406 g/mol. The van der Waals surface area contributed by atoms with Gasteiger partial charge in [0, 0.05) is 31.3 Å². The van der Waals surface area contributed by atoms with E-state index in [4.69, 9.17) is 9.26 Å². The first-order chi connectivity index (χ1) is 14.6. The molecule has 0 aliphatic carbocycles. The van der Waals surface area contributed by atoms with Gasteiger partial charge < -0.3 is 14.2 Å². The van der Waals surface area contributed by atoms with E-state index in [9.17, 15) is 4.79 Å². The number of piperidine rings is 1. The van der Waals surface area contributed by atoms with Crippen molar-refractivity contribution in [1.29, 1.82) is 0 Å². The molecule has 7 nitrogen and oxygen atoms in total. The molecule has 4 rings (SSSR count). The van der Waals surface area contributed by atoms with Crippen LogP contribution in [0, 0.1) is 6.92 Å². The van der Waals surface area contributed by atoms with Crippen LogP contribution in [0.1, 0.15) is 42.6 Å². The predicted octanol–water partition coefficient (Wildman–Crippen LogP) is 3.79. The molecular formula is C23H26N4O3. The number of hydrogen-bond acceptors (Lipinski definition) is 6. The van der Waals surface area contributed by atoms with Gasteiger partial charge in [-0.25, -0.2) is 9.97 Å². The average Bonchev–Trinajstić information content (AvgIpc) is 3.21. The third kappa shape index (κ3) is 4.50. The molecule has 1 atom stereocenters. The van der Waals surface area contributed by atoms with Gasteiger partial charge in [0.1, 0.15) is 12.1 Å². The van der Waals surface area contributed by atoms with Gasteiger partial charge in [-0.3, -0.25) is 4.79 Å². The Bertz CT molecular complexity index is 1000. The van der Waals surface area contributed by atoms with Gasteiger partial charge in [0.15, 0.2) is 5.76 Å². The van der Waals surface area contributed by atoms with Gasteiger partial charge in [-0.2, -0.15) is 0 Å². The summed E-state index contributed by atoms with van der Waals surface area (Å²) in [5.41, 5.74) is 3.57. The number of carbonyl (C=O) groups excluding carboxylic acids is 1. The van der Waals surface area contributed by atoms with Crippen LogP contribution in [0.4, 0.5) is 0 Å². The number of benzene rings is 1. The highest BCUT2D eigenvalue weighted by molar-refractivity contribution is 5.79. The van der Waals surface area contributed by atoms with E-state index < -0.39 is 0 Å². The zero-order chi connectivity index (χ0) is 20.9. The summed E-state index contributed by atoms with van der Waals surface area (Å²) in [5.74, 6) is 1.77. The van der Waals surface area contributed by atoms with Crippen molar-refractivity contribution < 1.29 is 14.1 Å². The highest BCUT2D eigenvalue weighted by Crippen LogP contribution is 2.33. The molecule has 3 aromatic rings. The standard InChI is InChI=1S/C23H26N4O3/c1-3-29-19-8-6-17(7-9-19)12-22(28)27-10-4-5-18(14-27)23-20(13-24-15-25-23)21-11-16(2)26-30-21/h6-9,11,13,15,18H,3-5,10,12,14H2,1-2H3. The normalized spacial score (nSPS) is 16.5. The van der Waals surface area contributed by atoms with Crippen LogP contribution in [0.15, 0.2) is 47.4 Å². The second-order valence-electron chi connectivity index (χ2n) is 7.59. The Kier molecular flexibility index (Phi) is 6.07. The molecule has 1 saturated heterocycles. The summed E-state index contributed by atoms with van der Waals surface area (Å²) < 4.78 is 10.9. The van der Waals surface area contributed by atoms with Gasteiger partial charge in [-0.1, -0.05) is 17.3 Å². The van der Waals surface area contributed by atoms with Crippen LogP contribution in [0.5, 0.6) is 5.75 Å². The van der Waals surface area contributed by atoms with Crippen molar-refractivity contribution in [3.8, 4) is 17.1 Å². The lowest BCUT2D eigenvalue weighted by molar-refractivity contribution is -0.131. The van der Waals surface area contributed by atoms with Crippen LogP contribution in [-0.2, 0) is 11.2 Å². The fourth-order valence-corrected chi connectivity index (χ4v) is 3.93. The molecule has 156 valence electrons. The highest BCUT2D eigenvalue weighted by atomic mass is 16.5. The summed E-state index contributed by atoms with van der Waals surface area (Å²) in [6.07, 6.45) is 5.63. The number of aromatic nitrogens is 3. The lowest BCUT2D eigenvalue weighted by atomic mass is 9.91. The van der Waals surface area contributed by atoms with Crippen LogP contribution < -0.4 is 4.74 Å². The predicted molar refractivity (Wildman–Crippen MR) is 112 cm³/mol. The fourth-order valence-electron chi connectivity index (χ4n) is 3.93. The molecule has 2 aromatic heterocycles. The van der Waals surface area contributed by atoms with Crippen molar-refractivity contribution in [2.24, 2.45) is 0 Å². The van der Waals surface area contributed by atoms with Gasteiger partial charge >= 0.3 is 0 Å². The number of ether oxygens (including phenoxy) is 1. The van der Waals surface area contributed by atoms with E-state index >= 15 is 0 Å². The van der Waals surface area contributed by atoms with Crippen LogP contribution in [0.25, 0.3) is 11.3 Å². The number of aryl methyl sites for hydroxylation is 1. The lowest BCUT2D eigenvalue weighted by Crippen LogP contribution is -2.40. The van der Waals surface area contributed by atoms with Gasteiger partial charge in [0.05, 0.1) is 30.0 Å². The van der Waals surface area contributed by atoms with Crippen molar-refractivity contribution in [1.82, 2.24) is 20.0 Å². The number of nitrogens with zero attached hydrogens (tertiary/aromatic N) is 4. The second-order valence-corrected chi connectivity index (χ2v) is 7.59. The number of amides is 1. The molecule has 3 heterocycles. The van der Waals surface area contributed by atoms with Crippen LogP contribution in [0.3, 0.4) is 0 Å². The molecule has 0 N–H and O–H groups in total. The molecule has 1 amide bonds. The summed E-state index contributed by atoms with van der Waals surface area (Å²) in [4.78, 5) is 23.6. The largest absolute Gasteiger partial charge is 0.494 e. The summed E-state index contributed by atoms with van der Waals surface area (Å²) in [6, 6.07) is 9.63. The van der Waals surface area contributed by atoms with Crippen molar-refractivity contribution >= 4 is 5.91 Å². The van der Waals surface area contributed by atoms with E-state index in [0.29, 0.717) is 25.3 Å². The third-order valence-corrected chi connectivity index (χ3v) is 5.39. The van der Waals surface area contributed by atoms with Gasteiger partial charge in [-0.05, 0) is 44.4 Å². The topological polar surface area (TPSA) is 81.4 Å². The molecule has 0 saturated carbocycles. The average molecular weight is 406 g/mol. The van der Waals surface area contributed by atoms with Crippen LogP contribution >= 0.6 is 0 Å². The molecule has 1 fully saturated rings. The Balaban J connectivity index is 1.46. The van der Waals surface area contributed by atoms with Gasteiger partial charge in [-0.15, -0.1) is 0 Å². The first-order valence-corrected chi connectivity index (χ1v) is 10.4. The third-order valence-electron chi connectivity index (χ3n) is 5.39. The summed E-state index contributed by atoms with van der Waals surface area (Å²) in [7, 11) is 0. The molecule has 1 aliphatic rings. The first-order valence-electron chi connectivity index (χ1n) is 10.4. The Morgan fingerprint density at radius 1 is 1.30 bits per heavy atom. The van der Waals surface area contributed by atoms with Gasteiger partial charge in [0.2, 0.25) is 5.91 Å². The van der Waals surface area contributed by atoms with Crippen molar-refractivity contribution in [3.05, 3.63) is 59.8 Å². The Morgan fingerprint density at radius 3 is 2.87 bits per heavy atom. The summed E-state index contributed by atoms with van der Waals surface area (Å²) >= 11 is 0. The first kappa shape index (κ1) is 20.1. The zero-order valence-corrected chi connectivity index (χ0v) is 17.4. The van der Waals surface area contributed by atoms with Crippen LogP contribution in [0.2, 0.25) is 0 Å². The van der Waals surface area contributed by atoms with E-state index in [1.807, 2.05) is 49.1 Å². The number of likely N-dealkylation sites (tertiary alicyclic amines) is 1. The van der Waals surface area contributed by atoms with E-state index in [-0.39, 0.29) is 11.8 Å². The minimum Gasteiger partial charge on any atom is -0.494 e. The minimum atomic E-state index is 0.134. The van der Waals surface area contributed by atoms with E-state index in [2.05, 4.69) is 15.1 Å². The van der Waals surface area contributed by atoms with Crippen LogP contribution in [-0.4, -0.2) is 45.6 Å². The number of hydrogen-bond donors (Lipinski definition) is 0. The number of rotatable bonds is 6. The summed E-state index contributed by atoms with van der Waals surface area (Å²) in [5, 5.41) is 3.98. The van der Waals surface area contributed by atoms with E-state index in [1.165, 1.54) is 0 Å². The maximum absolute atomic E-state index is 12.9. The van der Waals surface area contributed by atoms with Crippen molar-refractivity contribution in [2.75, 3.05) is 19.7 Å². The Morgan fingerprint density at radius 2 is 2.13 bits per heavy atom. The van der Waals surface area contributed by atoms with Crippen molar-refractivity contribution in [2.45, 2.75) is 39.0 Å². The molecule has 1 aliphatic heterocycles.